The van der Waals surface area contributed by atoms with Crippen molar-refractivity contribution in [3.05, 3.63) is 70.7 Å². The zero-order chi connectivity index (χ0) is 19.1. The molecule has 5 nitrogen and oxygen atoms in total. The van der Waals surface area contributed by atoms with Gasteiger partial charge >= 0.3 is 0 Å². The van der Waals surface area contributed by atoms with Crippen LogP contribution in [0.15, 0.2) is 70.2 Å². The summed E-state index contributed by atoms with van der Waals surface area (Å²) in [4.78, 5) is 12.0. The molecular weight excluding hydrogens is 408 g/mol. The van der Waals surface area contributed by atoms with E-state index in [1.54, 1.807) is 6.21 Å². The summed E-state index contributed by atoms with van der Waals surface area (Å²) in [5.74, 6) is 1.12. The van der Waals surface area contributed by atoms with Crippen molar-refractivity contribution in [1.29, 1.82) is 0 Å². The second-order valence-corrected chi connectivity index (χ2v) is 6.53. The predicted molar refractivity (Wildman–Crippen MR) is 110 cm³/mol. The number of carbonyl (C=O) groups is 1. The molecule has 0 saturated carbocycles. The van der Waals surface area contributed by atoms with Crippen LogP contribution < -0.4 is 14.9 Å². The van der Waals surface area contributed by atoms with E-state index in [9.17, 15) is 4.79 Å². The molecule has 27 heavy (non-hydrogen) atoms. The van der Waals surface area contributed by atoms with Gasteiger partial charge in [-0.1, -0.05) is 40.2 Å². The van der Waals surface area contributed by atoms with Crippen LogP contribution in [0.3, 0.4) is 0 Å². The monoisotopic (exact) mass is 426 g/mol. The van der Waals surface area contributed by atoms with Gasteiger partial charge in [0.25, 0.3) is 5.91 Å². The Morgan fingerprint density at radius 3 is 2.52 bits per heavy atom. The van der Waals surface area contributed by atoms with E-state index in [4.69, 9.17) is 9.47 Å². The summed E-state index contributed by atoms with van der Waals surface area (Å²) in [6.45, 7) is 2.44. The molecule has 3 rings (SSSR count). The maximum absolute atomic E-state index is 12.0. The van der Waals surface area contributed by atoms with E-state index in [2.05, 4.69) is 26.5 Å². The average Bonchev–Trinajstić information content (AvgIpc) is 2.69. The number of hydrogen-bond acceptors (Lipinski definition) is 4. The van der Waals surface area contributed by atoms with Crippen LogP contribution in [0.4, 0.5) is 0 Å². The first-order chi connectivity index (χ1) is 13.2. The molecule has 1 amide bonds. The summed E-state index contributed by atoms with van der Waals surface area (Å²) in [6.07, 6.45) is 1.57. The second kappa shape index (κ2) is 9.19. The van der Waals surface area contributed by atoms with Crippen LogP contribution >= 0.6 is 15.9 Å². The number of benzene rings is 3. The standard InChI is InChI=1S/C21H19BrN2O3/c1-2-26-16-9-7-15(8-10-16)13-23-24-21(25)14-27-20-12-11-19(22)17-5-3-4-6-18(17)20/h3-13H,2,14H2,1H3,(H,24,25)/b23-13+. The molecule has 0 fully saturated rings. The zero-order valence-electron chi connectivity index (χ0n) is 14.8. The number of rotatable bonds is 7. The van der Waals surface area contributed by atoms with Crippen molar-refractivity contribution in [1.82, 2.24) is 5.43 Å². The molecule has 0 aromatic heterocycles. The second-order valence-electron chi connectivity index (χ2n) is 5.68. The number of hydrogen-bond donors (Lipinski definition) is 1. The highest BCUT2D eigenvalue weighted by Crippen LogP contribution is 2.31. The van der Waals surface area contributed by atoms with E-state index in [1.807, 2.05) is 67.6 Å². The molecule has 0 atom stereocenters. The van der Waals surface area contributed by atoms with Gasteiger partial charge in [-0.15, -0.1) is 0 Å². The molecule has 3 aromatic carbocycles. The Labute approximate surface area is 166 Å². The van der Waals surface area contributed by atoms with Crippen molar-refractivity contribution in [2.45, 2.75) is 6.92 Å². The lowest BCUT2D eigenvalue weighted by molar-refractivity contribution is -0.123. The molecule has 0 radical (unpaired) electrons. The SMILES string of the molecule is CCOc1ccc(/C=N/NC(=O)COc2ccc(Br)c3ccccc23)cc1. The van der Waals surface area contributed by atoms with E-state index in [0.717, 1.165) is 26.6 Å². The highest BCUT2D eigenvalue weighted by molar-refractivity contribution is 9.10. The van der Waals surface area contributed by atoms with Gasteiger partial charge < -0.3 is 9.47 Å². The molecule has 0 aliphatic carbocycles. The fourth-order valence-corrected chi connectivity index (χ4v) is 3.01. The van der Waals surface area contributed by atoms with Crippen LogP contribution in [0.5, 0.6) is 11.5 Å². The van der Waals surface area contributed by atoms with Crippen LogP contribution in [0.25, 0.3) is 10.8 Å². The van der Waals surface area contributed by atoms with Gasteiger partial charge in [-0.25, -0.2) is 5.43 Å². The van der Waals surface area contributed by atoms with Crippen LogP contribution in [0.1, 0.15) is 12.5 Å². The predicted octanol–water partition coefficient (Wildman–Crippen LogP) is 4.53. The molecule has 0 bridgehead atoms. The van der Waals surface area contributed by atoms with Gasteiger partial charge in [0.15, 0.2) is 6.61 Å². The number of hydrazone groups is 1. The minimum atomic E-state index is -0.329. The lowest BCUT2D eigenvalue weighted by Gasteiger charge is -2.09. The molecular formula is C21H19BrN2O3. The number of halogens is 1. The maximum Gasteiger partial charge on any atom is 0.277 e. The van der Waals surface area contributed by atoms with E-state index in [1.165, 1.54) is 0 Å². The van der Waals surface area contributed by atoms with Crippen molar-refractivity contribution >= 4 is 38.8 Å². The van der Waals surface area contributed by atoms with Gasteiger partial charge in [0.1, 0.15) is 11.5 Å². The van der Waals surface area contributed by atoms with Crippen LogP contribution in [0.2, 0.25) is 0 Å². The number of ether oxygens (including phenoxy) is 2. The molecule has 3 aromatic rings. The van der Waals surface area contributed by atoms with Crippen molar-refractivity contribution in [2.75, 3.05) is 13.2 Å². The summed E-state index contributed by atoms with van der Waals surface area (Å²) in [6, 6.07) is 19.0. The van der Waals surface area contributed by atoms with E-state index in [-0.39, 0.29) is 12.5 Å². The van der Waals surface area contributed by atoms with Crippen molar-refractivity contribution in [2.24, 2.45) is 5.10 Å². The van der Waals surface area contributed by atoms with Gasteiger partial charge in [-0.05, 0) is 54.3 Å². The minimum Gasteiger partial charge on any atom is -0.494 e. The molecule has 1 N–H and O–H groups in total. The van der Waals surface area contributed by atoms with Crippen molar-refractivity contribution < 1.29 is 14.3 Å². The summed E-state index contributed by atoms with van der Waals surface area (Å²) in [5, 5.41) is 5.93. The average molecular weight is 427 g/mol. The lowest BCUT2D eigenvalue weighted by Crippen LogP contribution is -2.24. The molecule has 138 valence electrons. The molecule has 6 heteroatoms. The normalized spacial score (nSPS) is 10.9. The summed E-state index contributed by atoms with van der Waals surface area (Å²) in [5.41, 5.74) is 3.33. The number of carbonyl (C=O) groups excluding carboxylic acids is 1. The van der Waals surface area contributed by atoms with Gasteiger partial charge in [0, 0.05) is 9.86 Å². The smallest absolute Gasteiger partial charge is 0.277 e. The molecule has 0 aliphatic rings. The fraction of sp³-hybridized carbons (Fsp3) is 0.143. The zero-order valence-corrected chi connectivity index (χ0v) is 16.4. The van der Waals surface area contributed by atoms with E-state index >= 15 is 0 Å². The van der Waals surface area contributed by atoms with Crippen LogP contribution in [0, 0.1) is 0 Å². The Bertz CT molecular complexity index is 955. The maximum atomic E-state index is 12.0. The first-order valence-corrected chi connectivity index (χ1v) is 9.31. The van der Waals surface area contributed by atoms with E-state index < -0.39 is 0 Å². The van der Waals surface area contributed by atoms with Gasteiger partial charge in [-0.3, -0.25) is 4.79 Å². The number of nitrogens with one attached hydrogen (secondary N) is 1. The Kier molecular flexibility index (Phi) is 6.44. The Balaban J connectivity index is 1.55. The summed E-state index contributed by atoms with van der Waals surface area (Å²) in [7, 11) is 0. The van der Waals surface area contributed by atoms with Gasteiger partial charge in [-0.2, -0.15) is 5.10 Å². The molecule has 0 saturated heterocycles. The van der Waals surface area contributed by atoms with Crippen molar-refractivity contribution in [3.63, 3.8) is 0 Å². The number of fused-ring (bicyclic) bond motifs is 1. The van der Waals surface area contributed by atoms with E-state index in [0.29, 0.717) is 12.4 Å². The highest BCUT2D eigenvalue weighted by Gasteiger charge is 2.07. The minimum absolute atomic E-state index is 0.119. The quantitative estimate of drug-likeness (QED) is 0.445. The first-order valence-electron chi connectivity index (χ1n) is 8.52. The molecule has 0 heterocycles. The molecule has 0 spiro atoms. The van der Waals surface area contributed by atoms with Crippen LogP contribution in [-0.4, -0.2) is 25.3 Å². The fourth-order valence-electron chi connectivity index (χ4n) is 2.53. The molecule has 0 aliphatic heterocycles. The lowest BCUT2D eigenvalue weighted by atomic mass is 10.1. The molecule has 0 unspecified atom stereocenters. The topological polar surface area (TPSA) is 59.9 Å². The third kappa shape index (κ3) is 5.08. The Hall–Kier alpha value is -2.86. The highest BCUT2D eigenvalue weighted by atomic mass is 79.9. The third-order valence-corrected chi connectivity index (χ3v) is 4.48. The van der Waals surface area contributed by atoms with Crippen LogP contribution in [-0.2, 0) is 4.79 Å². The third-order valence-electron chi connectivity index (χ3n) is 3.78. The number of amides is 1. The number of nitrogens with zero attached hydrogens (tertiary/aromatic N) is 1. The largest absolute Gasteiger partial charge is 0.494 e. The first kappa shape index (κ1) is 18.9. The van der Waals surface area contributed by atoms with Crippen molar-refractivity contribution in [3.8, 4) is 11.5 Å². The summed E-state index contributed by atoms with van der Waals surface area (Å²) >= 11 is 3.52. The van der Waals surface area contributed by atoms with Gasteiger partial charge in [0.2, 0.25) is 0 Å². The summed E-state index contributed by atoms with van der Waals surface area (Å²) < 4.78 is 12.0. The Morgan fingerprint density at radius 2 is 1.78 bits per heavy atom. The Morgan fingerprint density at radius 1 is 1.04 bits per heavy atom. The van der Waals surface area contributed by atoms with Gasteiger partial charge in [0.05, 0.1) is 12.8 Å².